The van der Waals surface area contributed by atoms with E-state index < -0.39 is 12.2 Å². The molecule has 5 heteroatoms. The highest BCUT2D eigenvalue weighted by atomic mass is 16.5. The van der Waals surface area contributed by atoms with Gasteiger partial charge in [0, 0.05) is 13.1 Å². The molecule has 2 N–H and O–H groups in total. The van der Waals surface area contributed by atoms with E-state index in [1.54, 1.807) is 6.92 Å². The maximum absolute atomic E-state index is 11.7. The molecule has 23 heavy (non-hydrogen) atoms. The molecule has 1 aromatic carbocycles. The number of carbonyl (C=O) groups is 1. The van der Waals surface area contributed by atoms with Crippen molar-refractivity contribution in [3.8, 4) is 5.75 Å². The van der Waals surface area contributed by atoms with Crippen LogP contribution in [0.1, 0.15) is 44.8 Å². The molecule has 2 aliphatic rings. The second-order valence-electron chi connectivity index (χ2n) is 6.86. The number of nitrogens with one attached hydrogen (secondary N) is 1. The Morgan fingerprint density at radius 1 is 1.43 bits per heavy atom. The van der Waals surface area contributed by atoms with Gasteiger partial charge in [-0.15, -0.1) is 0 Å². The first-order valence-electron chi connectivity index (χ1n) is 8.55. The Bertz CT molecular complexity index is 575. The number of nitrogens with zero attached hydrogens (tertiary/aromatic N) is 1. The molecule has 0 aliphatic carbocycles. The Balaban J connectivity index is 1.60. The fourth-order valence-corrected chi connectivity index (χ4v) is 3.39. The van der Waals surface area contributed by atoms with E-state index in [1.807, 2.05) is 18.2 Å². The largest absolute Gasteiger partial charge is 0.479 e. The summed E-state index contributed by atoms with van der Waals surface area (Å²) in [4.78, 5) is 14.1. The van der Waals surface area contributed by atoms with E-state index in [2.05, 4.69) is 17.1 Å². The number of likely N-dealkylation sites (tertiary alicyclic amines) is 1. The van der Waals surface area contributed by atoms with Gasteiger partial charge in [-0.1, -0.05) is 13.0 Å². The molecular formula is C18H26N2O3. The third-order valence-electron chi connectivity index (χ3n) is 4.78. The van der Waals surface area contributed by atoms with Crippen LogP contribution in [0.2, 0.25) is 0 Å². The normalized spacial score (nSPS) is 26.1. The van der Waals surface area contributed by atoms with E-state index in [4.69, 9.17) is 4.74 Å². The van der Waals surface area contributed by atoms with Crippen LogP contribution in [0.15, 0.2) is 18.2 Å². The molecule has 3 atom stereocenters. The summed E-state index contributed by atoms with van der Waals surface area (Å²) in [5.41, 5.74) is 1.48. The minimum absolute atomic E-state index is 0.147. The number of rotatable bonds is 4. The smallest absolute Gasteiger partial charge is 0.265 e. The van der Waals surface area contributed by atoms with Crippen molar-refractivity contribution >= 4 is 11.6 Å². The van der Waals surface area contributed by atoms with Gasteiger partial charge in [0.05, 0.1) is 11.8 Å². The van der Waals surface area contributed by atoms with Crippen LogP contribution in [0.5, 0.6) is 5.75 Å². The number of aliphatic hydroxyl groups excluding tert-OH is 1. The first-order valence-corrected chi connectivity index (χ1v) is 8.55. The molecule has 1 aromatic rings. The topological polar surface area (TPSA) is 61.8 Å². The van der Waals surface area contributed by atoms with Crippen molar-refractivity contribution in [2.45, 2.75) is 45.3 Å². The monoisotopic (exact) mass is 318 g/mol. The summed E-state index contributed by atoms with van der Waals surface area (Å²) in [6, 6.07) is 5.53. The molecule has 126 valence electrons. The SMILES string of the molecule is CC1CCCN(CCC(O)c2ccc3c(c2)NC(=O)C(C)O3)C1. The van der Waals surface area contributed by atoms with E-state index in [1.165, 1.54) is 12.8 Å². The number of amides is 1. The number of carbonyl (C=O) groups excluding carboxylic acids is 1. The minimum Gasteiger partial charge on any atom is -0.479 e. The van der Waals surface area contributed by atoms with Gasteiger partial charge >= 0.3 is 0 Å². The fraction of sp³-hybridized carbons (Fsp3) is 0.611. The summed E-state index contributed by atoms with van der Waals surface area (Å²) in [5.74, 6) is 1.27. The Labute approximate surface area is 137 Å². The molecular weight excluding hydrogens is 292 g/mol. The van der Waals surface area contributed by atoms with Gasteiger partial charge in [0.15, 0.2) is 6.10 Å². The van der Waals surface area contributed by atoms with Crippen LogP contribution in [0, 0.1) is 5.92 Å². The summed E-state index contributed by atoms with van der Waals surface area (Å²) in [5, 5.41) is 13.3. The number of piperidine rings is 1. The third kappa shape index (κ3) is 3.85. The van der Waals surface area contributed by atoms with E-state index >= 15 is 0 Å². The van der Waals surface area contributed by atoms with Crippen LogP contribution >= 0.6 is 0 Å². The van der Waals surface area contributed by atoms with E-state index in [9.17, 15) is 9.90 Å². The van der Waals surface area contributed by atoms with Gasteiger partial charge in [0.25, 0.3) is 5.91 Å². The minimum atomic E-state index is -0.520. The van der Waals surface area contributed by atoms with Gasteiger partial charge in [0.1, 0.15) is 5.75 Å². The third-order valence-corrected chi connectivity index (χ3v) is 4.78. The highest BCUT2D eigenvalue weighted by Crippen LogP contribution is 2.33. The zero-order chi connectivity index (χ0) is 16.4. The summed E-state index contributed by atoms with van der Waals surface area (Å²) in [6.07, 6.45) is 2.27. The molecule has 0 bridgehead atoms. The number of fused-ring (bicyclic) bond motifs is 1. The number of hydrogen-bond acceptors (Lipinski definition) is 4. The molecule has 5 nitrogen and oxygen atoms in total. The lowest BCUT2D eigenvalue weighted by Gasteiger charge is -2.31. The Morgan fingerprint density at radius 2 is 2.26 bits per heavy atom. The van der Waals surface area contributed by atoms with Crippen LogP contribution in [-0.2, 0) is 4.79 Å². The molecule has 3 rings (SSSR count). The molecule has 0 saturated carbocycles. The Hall–Kier alpha value is -1.59. The van der Waals surface area contributed by atoms with Gasteiger partial charge in [-0.05, 0) is 56.3 Å². The van der Waals surface area contributed by atoms with Crippen LogP contribution < -0.4 is 10.1 Å². The van der Waals surface area contributed by atoms with Crippen molar-refractivity contribution in [3.05, 3.63) is 23.8 Å². The Morgan fingerprint density at radius 3 is 3.04 bits per heavy atom. The molecule has 2 aliphatic heterocycles. The van der Waals surface area contributed by atoms with Crippen LogP contribution in [0.3, 0.4) is 0 Å². The maximum atomic E-state index is 11.7. The van der Waals surface area contributed by atoms with Crippen molar-refractivity contribution in [1.82, 2.24) is 4.90 Å². The molecule has 0 radical (unpaired) electrons. The maximum Gasteiger partial charge on any atom is 0.265 e. The van der Waals surface area contributed by atoms with E-state index in [-0.39, 0.29) is 5.91 Å². The van der Waals surface area contributed by atoms with Gasteiger partial charge in [-0.3, -0.25) is 4.79 Å². The lowest BCUT2D eigenvalue weighted by Crippen LogP contribution is -2.35. The number of benzene rings is 1. The zero-order valence-electron chi connectivity index (χ0n) is 13.9. The predicted molar refractivity (Wildman–Crippen MR) is 89.6 cm³/mol. The average Bonchev–Trinajstić information content (AvgIpc) is 2.53. The lowest BCUT2D eigenvalue weighted by molar-refractivity contribution is -0.122. The van der Waals surface area contributed by atoms with E-state index in [0.717, 1.165) is 31.1 Å². The summed E-state index contributed by atoms with van der Waals surface area (Å²) < 4.78 is 5.54. The number of anilines is 1. The first-order chi connectivity index (χ1) is 11.0. The van der Waals surface area contributed by atoms with Gasteiger partial charge in [-0.2, -0.15) is 0 Å². The summed E-state index contributed by atoms with van der Waals surface area (Å²) >= 11 is 0. The lowest BCUT2D eigenvalue weighted by atomic mass is 9.99. The highest BCUT2D eigenvalue weighted by Gasteiger charge is 2.24. The molecule has 0 aromatic heterocycles. The molecule has 1 saturated heterocycles. The van der Waals surface area contributed by atoms with Crippen LogP contribution in [0.25, 0.3) is 0 Å². The van der Waals surface area contributed by atoms with Crippen molar-refractivity contribution in [1.29, 1.82) is 0 Å². The number of aliphatic hydroxyl groups is 1. The molecule has 3 unspecified atom stereocenters. The highest BCUT2D eigenvalue weighted by molar-refractivity contribution is 5.97. The van der Waals surface area contributed by atoms with Crippen LogP contribution in [0.4, 0.5) is 5.69 Å². The second kappa shape index (κ2) is 6.89. The van der Waals surface area contributed by atoms with Crippen molar-refractivity contribution < 1.29 is 14.6 Å². The van der Waals surface area contributed by atoms with E-state index in [0.29, 0.717) is 17.9 Å². The molecule has 2 heterocycles. The standard InChI is InChI=1S/C18H26N2O3/c1-12-4-3-8-20(11-12)9-7-16(21)14-5-6-17-15(10-14)19-18(22)13(2)23-17/h5-6,10,12-13,16,21H,3-4,7-9,11H2,1-2H3,(H,19,22). The predicted octanol–water partition coefficient (Wildman–Crippen LogP) is 2.56. The number of ether oxygens (including phenoxy) is 1. The molecule has 1 amide bonds. The molecule has 1 fully saturated rings. The number of hydrogen-bond donors (Lipinski definition) is 2. The average molecular weight is 318 g/mol. The van der Waals surface area contributed by atoms with Crippen molar-refractivity contribution in [2.75, 3.05) is 25.0 Å². The van der Waals surface area contributed by atoms with Gasteiger partial charge < -0.3 is 20.1 Å². The second-order valence-corrected chi connectivity index (χ2v) is 6.86. The van der Waals surface area contributed by atoms with Crippen molar-refractivity contribution in [2.24, 2.45) is 5.92 Å². The summed E-state index contributed by atoms with van der Waals surface area (Å²) in [6.45, 7) is 7.17. The van der Waals surface area contributed by atoms with Gasteiger partial charge in [-0.25, -0.2) is 0 Å². The summed E-state index contributed by atoms with van der Waals surface area (Å²) in [7, 11) is 0. The Kier molecular flexibility index (Phi) is 4.87. The fourth-order valence-electron chi connectivity index (χ4n) is 3.39. The first kappa shape index (κ1) is 16.3. The quantitative estimate of drug-likeness (QED) is 0.896. The van der Waals surface area contributed by atoms with Gasteiger partial charge in [0.2, 0.25) is 0 Å². The zero-order valence-corrected chi connectivity index (χ0v) is 13.9. The van der Waals surface area contributed by atoms with Crippen molar-refractivity contribution in [3.63, 3.8) is 0 Å². The molecule has 0 spiro atoms. The van der Waals surface area contributed by atoms with Crippen LogP contribution in [-0.4, -0.2) is 41.7 Å².